The van der Waals surface area contributed by atoms with Crippen LogP contribution in [0.25, 0.3) is 6.08 Å². The molecule has 25 heavy (non-hydrogen) atoms. The van der Waals surface area contributed by atoms with Gasteiger partial charge in [-0.25, -0.2) is 0 Å². The van der Waals surface area contributed by atoms with Gasteiger partial charge in [-0.1, -0.05) is 30.3 Å². The lowest BCUT2D eigenvalue weighted by Crippen LogP contribution is -2.33. The van der Waals surface area contributed by atoms with Gasteiger partial charge in [-0.05, 0) is 37.1 Å². The topological polar surface area (TPSA) is 59.8 Å². The molecule has 2 rings (SSSR count). The fraction of sp³-hybridized carbons (Fsp3) is 0.300. The van der Waals surface area contributed by atoms with E-state index in [9.17, 15) is 9.59 Å². The fourth-order valence-corrected chi connectivity index (χ4v) is 2.35. The number of hydrogen-bond donors (Lipinski definition) is 0. The first kappa shape index (κ1) is 18.5. The molecule has 0 aliphatic heterocycles. The molecule has 0 spiro atoms. The number of carbonyl (C=O) groups excluding carboxylic acids is 2. The van der Waals surface area contributed by atoms with E-state index in [-0.39, 0.29) is 18.3 Å². The molecule has 1 aromatic carbocycles. The highest BCUT2D eigenvalue weighted by atomic mass is 16.5. The van der Waals surface area contributed by atoms with E-state index in [1.54, 1.807) is 36.3 Å². The first-order valence-electron chi connectivity index (χ1n) is 8.39. The Bertz CT molecular complexity index is 677. The Kier molecular flexibility index (Phi) is 7.50. The van der Waals surface area contributed by atoms with E-state index in [2.05, 4.69) is 0 Å². The van der Waals surface area contributed by atoms with Crippen LogP contribution in [0.1, 0.15) is 24.7 Å². The van der Waals surface area contributed by atoms with E-state index < -0.39 is 0 Å². The lowest BCUT2D eigenvalue weighted by atomic mass is 10.1. The molecule has 0 unspecified atom stereocenters. The van der Waals surface area contributed by atoms with Crippen LogP contribution >= 0.6 is 0 Å². The van der Waals surface area contributed by atoms with Crippen molar-refractivity contribution in [3.63, 3.8) is 0 Å². The van der Waals surface area contributed by atoms with Gasteiger partial charge in [-0.2, -0.15) is 0 Å². The SMILES string of the molecule is CCOC(=O)CCN(CCc1ccccc1)C(=O)/C=C/c1ccco1. The number of ether oxygens (including phenoxy) is 1. The Labute approximate surface area is 147 Å². The molecule has 0 bridgehead atoms. The highest BCUT2D eigenvalue weighted by Gasteiger charge is 2.13. The normalized spacial score (nSPS) is 10.8. The maximum atomic E-state index is 12.5. The van der Waals surface area contributed by atoms with Crippen LogP contribution in [0.3, 0.4) is 0 Å². The summed E-state index contributed by atoms with van der Waals surface area (Å²) in [5, 5.41) is 0. The molecular formula is C20H23NO4. The van der Waals surface area contributed by atoms with Gasteiger partial charge in [-0.15, -0.1) is 0 Å². The summed E-state index contributed by atoms with van der Waals surface area (Å²) in [4.78, 5) is 25.7. The fourth-order valence-electron chi connectivity index (χ4n) is 2.35. The molecule has 1 heterocycles. The number of rotatable bonds is 9. The molecule has 0 aliphatic carbocycles. The van der Waals surface area contributed by atoms with Gasteiger partial charge < -0.3 is 14.1 Å². The Hall–Kier alpha value is -2.82. The summed E-state index contributed by atoms with van der Waals surface area (Å²) in [6.45, 7) is 2.97. The standard InChI is InChI=1S/C20H23NO4/c1-2-24-20(23)13-15-21(14-12-17-7-4-3-5-8-17)19(22)11-10-18-9-6-16-25-18/h3-11,16H,2,12-15H2,1H3/b11-10+. The molecule has 5 nitrogen and oxygen atoms in total. The van der Waals surface area contributed by atoms with Crippen LogP contribution in [0.15, 0.2) is 59.2 Å². The van der Waals surface area contributed by atoms with Crippen molar-refractivity contribution < 1.29 is 18.7 Å². The Morgan fingerprint density at radius 2 is 1.92 bits per heavy atom. The lowest BCUT2D eigenvalue weighted by Gasteiger charge is -2.21. The maximum absolute atomic E-state index is 12.5. The van der Waals surface area contributed by atoms with Gasteiger partial charge in [0.1, 0.15) is 5.76 Å². The number of furan rings is 1. The molecule has 2 aromatic rings. The summed E-state index contributed by atoms with van der Waals surface area (Å²) in [5.41, 5.74) is 1.14. The molecule has 132 valence electrons. The van der Waals surface area contributed by atoms with Gasteiger partial charge in [0.25, 0.3) is 0 Å². The Balaban J connectivity index is 1.96. The highest BCUT2D eigenvalue weighted by Crippen LogP contribution is 2.06. The largest absolute Gasteiger partial charge is 0.466 e. The molecule has 1 amide bonds. The predicted octanol–water partition coefficient (Wildman–Crippen LogP) is 3.32. The maximum Gasteiger partial charge on any atom is 0.307 e. The third kappa shape index (κ3) is 6.67. The second-order valence-electron chi connectivity index (χ2n) is 5.46. The molecule has 0 fully saturated rings. The first-order chi connectivity index (χ1) is 12.2. The minimum atomic E-state index is -0.296. The summed E-state index contributed by atoms with van der Waals surface area (Å²) in [5.74, 6) is 0.161. The van der Waals surface area contributed by atoms with E-state index in [4.69, 9.17) is 9.15 Å². The minimum absolute atomic E-state index is 0.156. The molecule has 0 radical (unpaired) electrons. The van der Waals surface area contributed by atoms with Crippen molar-refractivity contribution in [3.8, 4) is 0 Å². The van der Waals surface area contributed by atoms with E-state index in [0.29, 0.717) is 25.5 Å². The molecule has 0 N–H and O–H groups in total. The summed E-state index contributed by atoms with van der Waals surface area (Å²) in [7, 11) is 0. The van der Waals surface area contributed by atoms with Crippen LogP contribution in [0.5, 0.6) is 0 Å². The third-order valence-corrected chi connectivity index (χ3v) is 3.65. The van der Waals surface area contributed by atoms with Gasteiger partial charge in [-0.3, -0.25) is 9.59 Å². The molecular weight excluding hydrogens is 318 g/mol. The number of hydrogen-bond acceptors (Lipinski definition) is 4. The summed E-state index contributed by atoms with van der Waals surface area (Å²) < 4.78 is 10.1. The van der Waals surface area contributed by atoms with Crippen LogP contribution in [-0.4, -0.2) is 36.5 Å². The highest BCUT2D eigenvalue weighted by molar-refractivity contribution is 5.91. The zero-order valence-corrected chi connectivity index (χ0v) is 14.4. The van der Waals surface area contributed by atoms with Gasteiger partial charge in [0.05, 0.1) is 19.3 Å². The van der Waals surface area contributed by atoms with Gasteiger partial charge in [0, 0.05) is 19.2 Å². The average molecular weight is 341 g/mol. The Morgan fingerprint density at radius 3 is 2.60 bits per heavy atom. The van der Waals surface area contributed by atoms with E-state index in [0.717, 1.165) is 12.0 Å². The molecule has 0 aliphatic rings. The third-order valence-electron chi connectivity index (χ3n) is 3.65. The Morgan fingerprint density at radius 1 is 1.12 bits per heavy atom. The van der Waals surface area contributed by atoms with Gasteiger partial charge >= 0.3 is 5.97 Å². The quantitative estimate of drug-likeness (QED) is 0.518. The number of amides is 1. The monoisotopic (exact) mass is 341 g/mol. The molecule has 5 heteroatoms. The van der Waals surface area contributed by atoms with Gasteiger partial charge in [0.2, 0.25) is 5.91 Å². The van der Waals surface area contributed by atoms with Crippen LogP contribution in [0.2, 0.25) is 0 Å². The molecule has 0 saturated heterocycles. The zero-order chi connectivity index (χ0) is 17.9. The lowest BCUT2D eigenvalue weighted by molar-refractivity contribution is -0.143. The van der Waals surface area contributed by atoms with Crippen molar-refractivity contribution in [2.24, 2.45) is 0 Å². The predicted molar refractivity (Wildman–Crippen MR) is 95.7 cm³/mol. The summed E-state index contributed by atoms with van der Waals surface area (Å²) >= 11 is 0. The van der Waals surface area contributed by atoms with Crippen molar-refractivity contribution in [2.75, 3.05) is 19.7 Å². The van der Waals surface area contributed by atoms with Crippen molar-refractivity contribution in [1.82, 2.24) is 4.90 Å². The van der Waals surface area contributed by atoms with E-state index >= 15 is 0 Å². The number of carbonyl (C=O) groups is 2. The second kappa shape index (κ2) is 10.1. The van der Waals surface area contributed by atoms with Crippen molar-refractivity contribution in [3.05, 3.63) is 66.1 Å². The van der Waals surface area contributed by atoms with Crippen molar-refractivity contribution in [1.29, 1.82) is 0 Å². The smallest absolute Gasteiger partial charge is 0.307 e. The minimum Gasteiger partial charge on any atom is -0.466 e. The number of nitrogens with zero attached hydrogens (tertiary/aromatic N) is 1. The number of esters is 1. The number of benzene rings is 1. The van der Waals surface area contributed by atoms with Crippen LogP contribution in [0.4, 0.5) is 0 Å². The van der Waals surface area contributed by atoms with Gasteiger partial charge in [0.15, 0.2) is 0 Å². The molecule has 1 aromatic heterocycles. The van der Waals surface area contributed by atoms with Crippen LogP contribution in [-0.2, 0) is 20.7 Å². The molecule has 0 atom stereocenters. The van der Waals surface area contributed by atoms with Crippen molar-refractivity contribution >= 4 is 18.0 Å². The van der Waals surface area contributed by atoms with E-state index in [1.807, 2.05) is 30.3 Å². The average Bonchev–Trinajstić information content (AvgIpc) is 3.14. The molecule has 0 saturated carbocycles. The van der Waals surface area contributed by atoms with E-state index in [1.165, 1.54) is 6.08 Å². The van der Waals surface area contributed by atoms with Crippen LogP contribution < -0.4 is 0 Å². The zero-order valence-electron chi connectivity index (χ0n) is 14.4. The van der Waals surface area contributed by atoms with Crippen molar-refractivity contribution in [2.45, 2.75) is 19.8 Å². The van der Waals surface area contributed by atoms with Crippen LogP contribution in [0, 0.1) is 0 Å². The first-order valence-corrected chi connectivity index (χ1v) is 8.39. The summed E-state index contributed by atoms with van der Waals surface area (Å²) in [6, 6.07) is 13.5. The summed E-state index contributed by atoms with van der Waals surface area (Å²) in [6.07, 6.45) is 5.56. The second-order valence-corrected chi connectivity index (χ2v) is 5.46.